The zero-order valence-corrected chi connectivity index (χ0v) is 20.8. The lowest BCUT2D eigenvalue weighted by Gasteiger charge is -2.49. The third kappa shape index (κ3) is 3.77. The maximum atomic E-state index is 12.9. The number of ether oxygens (including phenoxy) is 1. The van der Waals surface area contributed by atoms with Gasteiger partial charge in [-0.3, -0.25) is 4.90 Å². The fourth-order valence-electron chi connectivity index (χ4n) is 5.73. The normalized spacial score (nSPS) is 21.5. The molecule has 33 heavy (non-hydrogen) atoms. The molecule has 0 bridgehead atoms. The van der Waals surface area contributed by atoms with E-state index in [1.165, 1.54) is 16.1 Å². The van der Waals surface area contributed by atoms with Crippen LogP contribution in [0.1, 0.15) is 35.1 Å². The second-order valence-electron chi connectivity index (χ2n) is 9.19. The van der Waals surface area contributed by atoms with E-state index in [0.717, 1.165) is 59.8 Å². The topological polar surface area (TPSA) is 87.9 Å². The van der Waals surface area contributed by atoms with Gasteiger partial charge in [0.25, 0.3) is 0 Å². The van der Waals surface area contributed by atoms with Gasteiger partial charge >= 0.3 is 0 Å². The Bertz CT molecular complexity index is 1260. The molecule has 0 saturated carbocycles. The number of fused-ring (bicyclic) bond motifs is 4. The minimum absolute atomic E-state index is 0.256. The van der Waals surface area contributed by atoms with Crippen molar-refractivity contribution >= 4 is 32.3 Å². The summed E-state index contributed by atoms with van der Waals surface area (Å²) in [5.74, 6) is 0.758. The number of hydrogen-bond acceptors (Lipinski definition) is 7. The quantitative estimate of drug-likeness (QED) is 0.591. The molecule has 0 radical (unpaired) electrons. The third-order valence-electron chi connectivity index (χ3n) is 7.36. The van der Waals surface area contributed by atoms with Crippen LogP contribution < -0.4 is 4.74 Å². The van der Waals surface area contributed by atoms with E-state index >= 15 is 0 Å². The van der Waals surface area contributed by atoms with Crippen molar-refractivity contribution in [1.82, 2.24) is 18.8 Å². The molecule has 1 spiro atoms. The maximum absolute atomic E-state index is 12.9. The van der Waals surface area contributed by atoms with E-state index in [9.17, 15) is 13.5 Å². The molecule has 1 saturated heterocycles. The van der Waals surface area contributed by atoms with Crippen molar-refractivity contribution in [2.45, 2.75) is 30.8 Å². The number of aliphatic hydroxyl groups is 1. The highest BCUT2D eigenvalue weighted by molar-refractivity contribution is 7.88. The van der Waals surface area contributed by atoms with Gasteiger partial charge in [0.2, 0.25) is 10.0 Å². The number of likely N-dealkylation sites (tertiary alicyclic amines) is 1. The molecule has 1 N–H and O–H groups in total. The van der Waals surface area contributed by atoms with Gasteiger partial charge in [-0.05, 0) is 43.6 Å². The molecule has 1 atom stereocenters. The summed E-state index contributed by atoms with van der Waals surface area (Å²) in [6.45, 7) is 2.69. The Morgan fingerprint density at radius 1 is 1.30 bits per heavy atom. The molecule has 4 heterocycles. The molecule has 8 nitrogen and oxygen atoms in total. The van der Waals surface area contributed by atoms with Gasteiger partial charge in [0.1, 0.15) is 10.8 Å². The largest absolute Gasteiger partial charge is 0.497 e. The molecule has 1 aromatic carbocycles. The van der Waals surface area contributed by atoms with Gasteiger partial charge < -0.3 is 14.4 Å². The number of methoxy groups -OCH3 is 1. The maximum Gasteiger partial charge on any atom is 0.211 e. The number of rotatable bonds is 5. The zero-order valence-electron chi connectivity index (χ0n) is 19.2. The first-order valence-electron chi connectivity index (χ1n) is 11.1. The van der Waals surface area contributed by atoms with Gasteiger partial charge in [0, 0.05) is 47.7 Å². The summed E-state index contributed by atoms with van der Waals surface area (Å²) in [7, 11) is 0.0897. The number of benzene rings is 1. The molecule has 5 rings (SSSR count). The van der Waals surface area contributed by atoms with E-state index in [2.05, 4.69) is 20.5 Å². The van der Waals surface area contributed by atoms with Crippen molar-refractivity contribution in [2.24, 2.45) is 7.05 Å². The van der Waals surface area contributed by atoms with Crippen LogP contribution in [0.25, 0.3) is 10.9 Å². The lowest BCUT2D eigenvalue weighted by atomic mass is 9.69. The number of thiazole rings is 1. The Morgan fingerprint density at radius 2 is 2.06 bits per heavy atom. The van der Waals surface area contributed by atoms with Crippen molar-refractivity contribution in [3.8, 4) is 5.75 Å². The molecule has 0 aliphatic carbocycles. The van der Waals surface area contributed by atoms with E-state index in [1.807, 2.05) is 30.8 Å². The molecule has 10 heteroatoms. The van der Waals surface area contributed by atoms with Gasteiger partial charge in [-0.2, -0.15) is 4.31 Å². The summed E-state index contributed by atoms with van der Waals surface area (Å²) in [4.78, 5) is 6.83. The van der Waals surface area contributed by atoms with Gasteiger partial charge in [0.05, 0.1) is 38.1 Å². The van der Waals surface area contributed by atoms with E-state index in [1.54, 1.807) is 18.4 Å². The fourth-order valence-corrected chi connectivity index (χ4v) is 7.50. The summed E-state index contributed by atoms with van der Waals surface area (Å²) in [6.07, 6.45) is 4.78. The number of nitrogens with zero attached hydrogens (tertiary/aromatic N) is 4. The van der Waals surface area contributed by atoms with Crippen LogP contribution in [0.3, 0.4) is 0 Å². The fraction of sp³-hybridized carbons (Fsp3) is 0.522. The Hall–Kier alpha value is -1.98. The Balaban J connectivity index is 1.62. The standard InChI is InChI=1S/C23H30N4O4S2/c1-25-18-12-16(31-2)4-5-17(18)21-22(25)19(14-28)27(33(3,29)30)15-23(21)6-9-26(10-7-23)13-20-24-8-11-32-20/h4-5,8,11-12,19,28H,6-7,9-10,13-15H2,1-3H3/t19-/m0/s1. The highest BCUT2D eigenvalue weighted by Gasteiger charge is 2.50. The Labute approximate surface area is 198 Å². The van der Waals surface area contributed by atoms with Crippen LogP contribution >= 0.6 is 11.3 Å². The van der Waals surface area contributed by atoms with Gasteiger partial charge in [-0.25, -0.2) is 13.4 Å². The van der Waals surface area contributed by atoms with Crippen molar-refractivity contribution in [3.05, 3.63) is 46.0 Å². The van der Waals surface area contributed by atoms with Crippen molar-refractivity contribution < 1.29 is 18.3 Å². The van der Waals surface area contributed by atoms with Crippen LogP contribution in [-0.2, 0) is 29.0 Å². The number of sulfonamides is 1. The lowest BCUT2D eigenvalue weighted by Crippen LogP contribution is -2.55. The smallest absolute Gasteiger partial charge is 0.211 e. The molecular formula is C23H30N4O4S2. The van der Waals surface area contributed by atoms with Crippen LogP contribution in [0.15, 0.2) is 29.8 Å². The molecular weight excluding hydrogens is 460 g/mol. The predicted molar refractivity (Wildman–Crippen MR) is 129 cm³/mol. The van der Waals surface area contributed by atoms with Crippen LogP contribution in [0.2, 0.25) is 0 Å². The second kappa shape index (κ2) is 8.35. The average Bonchev–Trinajstić information content (AvgIpc) is 3.41. The van der Waals surface area contributed by atoms with Crippen LogP contribution in [-0.4, -0.2) is 71.9 Å². The lowest BCUT2D eigenvalue weighted by molar-refractivity contribution is 0.0920. The zero-order chi connectivity index (χ0) is 23.4. The summed E-state index contributed by atoms with van der Waals surface area (Å²) < 4.78 is 34.7. The van der Waals surface area contributed by atoms with E-state index < -0.39 is 16.1 Å². The van der Waals surface area contributed by atoms with Gasteiger partial charge in [0.15, 0.2) is 0 Å². The molecule has 3 aromatic rings. The van der Waals surface area contributed by atoms with Crippen molar-refractivity contribution in [2.75, 3.05) is 39.6 Å². The van der Waals surface area contributed by atoms with Crippen molar-refractivity contribution in [3.63, 3.8) is 0 Å². The first-order valence-corrected chi connectivity index (χ1v) is 13.9. The third-order valence-corrected chi connectivity index (χ3v) is 9.36. The number of aromatic nitrogens is 2. The number of aliphatic hydroxyl groups excluding tert-OH is 1. The summed E-state index contributed by atoms with van der Waals surface area (Å²) in [5.41, 5.74) is 2.77. The summed E-state index contributed by atoms with van der Waals surface area (Å²) in [5, 5.41) is 14.6. The van der Waals surface area contributed by atoms with Crippen LogP contribution in [0, 0.1) is 0 Å². The molecule has 0 amide bonds. The highest BCUT2D eigenvalue weighted by Crippen LogP contribution is 2.50. The molecule has 1 fully saturated rings. The first kappa shape index (κ1) is 22.8. The minimum atomic E-state index is -3.51. The Kier molecular flexibility index (Phi) is 5.77. The highest BCUT2D eigenvalue weighted by atomic mass is 32.2. The first-order chi connectivity index (χ1) is 15.8. The summed E-state index contributed by atoms with van der Waals surface area (Å²) in [6, 6.07) is 5.45. The SMILES string of the molecule is COc1ccc2c3c(n(C)c2c1)[C@H](CO)N(S(C)(=O)=O)CC31CCN(Cc2nccs2)CC1. The monoisotopic (exact) mass is 490 g/mol. The summed E-state index contributed by atoms with van der Waals surface area (Å²) >= 11 is 1.66. The molecule has 2 aliphatic rings. The van der Waals surface area contributed by atoms with E-state index in [-0.39, 0.29) is 12.0 Å². The van der Waals surface area contributed by atoms with Gasteiger partial charge in [-0.15, -0.1) is 11.3 Å². The molecule has 0 unspecified atom stereocenters. The molecule has 2 aliphatic heterocycles. The molecule has 178 valence electrons. The van der Waals surface area contributed by atoms with Crippen LogP contribution in [0.5, 0.6) is 5.75 Å². The van der Waals surface area contributed by atoms with E-state index in [0.29, 0.717) is 6.54 Å². The second-order valence-corrected chi connectivity index (χ2v) is 12.1. The van der Waals surface area contributed by atoms with Crippen LogP contribution in [0.4, 0.5) is 0 Å². The van der Waals surface area contributed by atoms with E-state index in [4.69, 9.17) is 4.74 Å². The Morgan fingerprint density at radius 3 is 2.67 bits per heavy atom. The average molecular weight is 491 g/mol. The van der Waals surface area contributed by atoms with Gasteiger partial charge in [-0.1, -0.05) is 0 Å². The van der Waals surface area contributed by atoms with Crippen molar-refractivity contribution in [1.29, 1.82) is 0 Å². The molecule has 2 aromatic heterocycles. The minimum Gasteiger partial charge on any atom is -0.497 e. The predicted octanol–water partition coefficient (Wildman–Crippen LogP) is 2.49. The number of aryl methyl sites for hydroxylation is 1. The number of piperidine rings is 1. The number of hydrogen-bond donors (Lipinski definition) is 1.